The monoisotopic (exact) mass is 266 g/mol. The molecular weight excluding hydrogens is 247 g/mol. The average Bonchev–Trinajstić information content (AvgIpc) is 2.43. The molecular formula is C14H19FN2O2. The maximum absolute atomic E-state index is 14.1. The van der Waals surface area contributed by atoms with E-state index in [0.29, 0.717) is 19.5 Å². The summed E-state index contributed by atoms with van der Waals surface area (Å²) in [5.74, 6) is -1.44. The van der Waals surface area contributed by atoms with Gasteiger partial charge in [0, 0.05) is 31.7 Å². The van der Waals surface area contributed by atoms with Crippen LogP contribution in [0.4, 0.5) is 4.39 Å². The van der Waals surface area contributed by atoms with E-state index in [1.165, 1.54) is 6.07 Å². The second kappa shape index (κ2) is 5.67. The number of piperazine rings is 1. The quantitative estimate of drug-likeness (QED) is 0.865. The van der Waals surface area contributed by atoms with Crippen LogP contribution in [0.3, 0.4) is 0 Å². The molecule has 5 heteroatoms. The lowest BCUT2D eigenvalue weighted by molar-refractivity contribution is -0.153. The molecule has 4 nitrogen and oxygen atoms in total. The molecule has 0 spiro atoms. The molecule has 104 valence electrons. The summed E-state index contributed by atoms with van der Waals surface area (Å²) in [5, 5.41) is 12.9. The minimum absolute atomic E-state index is 0.256. The highest BCUT2D eigenvalue weighted by atomic mass is 19.1. The van der Waals surface area contributed by atoms with Gasteiger partial charge < -0.3 is 10.4 Å². The van der Waals surface area contributed by atoms with Crippen molar-refractivity contribution < 1.29 is 14.3 Å². The first-order chi connectivity index (χ1) is 9.13. The van der Waals surface area contributed by atoms with E-state index in [1.54, 1.807) is 25.1 Å². The number of carboxylic acid groups (broad SMARTS) is 1. The predicted molar refractivity (Wildman–Crippen MR) is 70.4 cm³/mol. The van der Waals surface area contributed by atoms with Gasteiger partial charge in [-0.05, 0) is 12.5 Å². The van der Waals surface area contributed by atoms with Gasteiger partial charge in [0.25, 0.3) is 0 Å². The minimum Gasteiger partial charge on any atom is -0.480 e. The van der Waals surface area contributed by atoms with Crippen molar-refractivity contribution in [3.8, 4) is 0 Å². The maximum Gasteiger partial charge on any atom is 0.328 e. The van der Waals surface area contributed by atoms with Crippen molar-refractivity contribution in [3.63, 3.8) is 0 Å². The number of rotatable bonds is 4. The van der Waals surface area contributed by atoms with Gasteiger partial charge in [0.15, 0.2) is 0 Å². The molecule has 0 saturated carbocycles. The largest absolute Gasteiger partial charge is 0.480 e. The first-order valence-electron chi connectivity index (χ1n) is 6.57. The first-order valence-corrected chi connectivity index (χ1v) is 6.57. The van der Waals surface area contributed by atoms with Crippen LogP contribution in [0.1, 0.15) is 18.9 Å². The minimum atomic E-state index is -1.27. The van der Waals surface area contributed by atoms with Crippen LogP contribution in [-0.4, -0.2) is 42.2 Å². The zero-order chi connectivity index (χ0) is 13.9. The summed E-state index contributed by atoms with van der Waals surface area (Å²) < 4.78 is 14.1. The van der Waals surface area contributed by atoms with Crippen molar-refractivity contribution in [2.45, 2.75) is 18.9 Å². The van der Waals surface area contributed by atoms with Gasteiger partial charge in [-0.15, -0.1) is 0 Å². The Bertz CT molecular complexity index is 461. The number of hydrogen-bond donors (Lipinski definition) is 2. The predicted octanol–water partition coefficient (Wildman–Crippen LogP) is 1.42. The molecule has 0 bridgehead atoms. The summed E-state index contributed by atoms with van der Waals surface area (Å²) in [7, 11) is 0. The SMILES string of the molecule is CCC(C(=O)O)(c1ccccc1F)N1CCNCC1. The van der Waals surface area contributed by atoms with E-state index in [4.69, 9.17) is 0 Å². The number of carboxylic acids is 1. The van der Waals surface area contributed by atoms with Crippen molar-refractivity contribution in [1.29, 1.82) is 0 Å². The highest BCUT2D eigenvalue weighted by molar-refractivity contribution is 5.81. The number of hydrogen-bond acceptors (Lipinski definition) is 3. The lowest BCUT2D eigenvalue weighted by Gasteiger charge is -2.42. The molecule has 1 saturated heterocycles. The van der Waals surface area contributed by atoms with Crippen LogP contribution < -0.4 is 5.32 Å². The Morgan fingerprint density at radius 3 is 2.58 bits per heavy atom. The number of benzene rings is 1. The molecule has 2 rings (SSSR count). The van der Waals surface area contributed by atoms with Crippen LogP contribution in [0.5, 0.6) is 0 Å². The lowest BCUT2D eigenvalue weighted by atomic mass is 9.84. The second-order valence-electron chi connectivity index (χ2n) is 4.74. The average molecular weight is 266 g/mol. The summed E-state index contributed by atoms with van der Waals surface area (Å²) in [4.78, 5) is 13.7. The number of nitrogens with one attached hydrogen (secondary N) is 1. The fourth-order valence-corrected chi connectivity index (χ4v) is 2.83. The second-order valence-corrected chi connectivity index (χ2v) is 4.74. The Kier molecular flexibility index (Phi) is 4.17. The molecule has 1 fully saturated rings. The molecule has 2 N–H and O–H groups in total. The molecule has 1 unspecified atom stereocenters. The van der Waals surface area contributed by atoms with E-state index in [0.717, 1.165) is 13.1 Å². The third kappa shape index (κ3) is 2.35. The van der Waals surface area contributed by atoms with Crippen molar-refractivity contribution >= 4 is 5.97 Å². The Balaban J connectivity index is 2.50. The highest BCUT2D eigenvalue weighted by Crippen LogP contribution is 2.34. The van der Waals surface area contributed by atoms with Gasteiger partial charge in [-0.2, -0.15) is 0 Å². The fourth-order valence-electron chi connectivity index (χ4n) is 2.83. The zero-order valence-electron chi connectivity index (χ0n) is 11.0. The third-order valence-electron chi connectivity index (χ3n) is 3.84. The van der Waals surface area contributed by atoms with Gasteiger partial charge in [0.1, 0.15) is 11.4 Å². The normalized spacial score (nSPS) is 19.9. The smallest absolute Gasteiger partial charge is 0.328 e. The number of aliphatic carboxylic acids is 1. The van der Waals surface area contributed by atoms with Crippen molar-refractivity contribution in [2.75, 3.05) is 26.2 Å². The molecule has 1 heterocycles. The molecule has 0 aromatic heterocycles. The van der Waals surface area contributed by atoms with Crippen LogP contribution in [-0.2, 0) is 10.3 Å². The Morgan fingerprint density at radius 2 is 2.05 bits per heavy atom. The van der Waals surface area contributed by atoms with Gasteiger partial charge in [-0.25, -0.2) is 9.18 Å². The van der Waals surface area contributed by atoms with Gasteiger partial charge in [-0.3, -0.25) is 4.90 Å². The Morgan fingerprint density at radius 1 is 1.42 bits per heavy atom. The molecule has 1 aromatic rings. The van der Waals surface area contributed by atoms with E-state index in [2.05, 4.69) is 5.32 Å². The zero-order valence-corrected chi connectivity index (χ0v) is 11.0. The Hall–Kier alpha value is -1.46. The topological polar surface area (TPSA) is 52.6 Å². The molecule has 1 aromatic carbocycles. The summed E-state index contributed by atoms with van der Waals surface area (Å²) in [6, 6.07) is 6.17. The van der Waals surface area contributed by atoms with E-state index in [-0.39, 0.29) is 5.56 Å². The van der Waals surface area contributed by atoms with Crippen molar-refractivity contribution in [1.82, 2.24) is 10.2 Å². The van der Waals surface area contributed by atoms with Gasteiger partial charge in [0.2, 0.25) is 0 Å². The highest BCUT2D eigenvalue weighted by Gasteiger charge is 2.46. The maximum atomic E-state index is 14.1. The molecule has 0 radical (unpaired) electrons. The van der Waals surface area contributed by atoms with Crippen LogP contribution in [0.15, 0.2) is 24.3 Å². The van der Waals surface area contributed by atoms with Crippen molar-refractivity contribution in [3.05, 3.63) is 35.6 Å². The summed E-state index contributed by atoms with van der Waals surface area (Å²) >= 11 is 0. The fraction of sp³-hybridized carbons (Fsp3) is 0.500. The van der Waals surface area contributed by atoms with Crippen LogP contribution in [0, 0.1) is 5.82 Å². The summed E-state index contributed by atoms with van der Waals surface area (Å²) in [6.45, 7) is 4.46. The van der Waals surface area contributed by atoms with E-state index >= 15 is 0 Å². The van der Waals surface area contributed by atoms with E-state index < -0.39 is 17.3 Å². The first kappa shape index (κ1) is 14.0. The van der Waals surface area contributed by atoms with E-state index in [1.807, 2.05) is 4.90 Å². The van der Waals surface area contributed by atoms with Crippen LogP contribution in [0.25, 0.3) is 0 Å². The molecule has 1 aliphatic rings. The standard InChI is InChI=1S/C14H19FN2O2/c1-2-14(13(18)19,17-9-7-16-8-10-17)11-5-3-4-6-12(11)15/h3-6,16H,2,7-10H2,1H3,(H,18,19). The lowest BCUT2D eigenvalue weighted by Crippen LogP contribution is -2.58. The number of carbonyl (C=O) groups is 1. The molecule has 1 atom stereocenters. The van der Waals surface area contributed by atoms with Crippen molar-refractivity contribution in [2.24, 2.45) is 0 Å². The van der Waals surface area contributed by atoms with Gasteiger partial charge in [-0.1, -0.05) is 25.1 Å². The third-order valence-corrected chi connectivity index (χ3v) is 3.84. The molecule has 19 heavy (non-hydrogen) atoms. The van der Waals surface area contributed by atoms with Crippen LogP contribution >= 0.6 is 0 Å². The van der Waals surface area contributed by atoms with Gasteiger partial charge in [0.05, 0.1) is 0 Å². The molecule has 0 amide bonds. The summed E-state index contributed by atoms with van der Waals surface area (Å²) in [6.07, 6.45) is 0.337. The van der Waals surface area contributed by atoms with Crippen LogP contribution in [0.2, 0.25) is 0 Å². The summed E-state index contributed by atoms with van der Waals surface area (Å²) in [5.41, 5.74) is -1.01. The Labute approximate surface area is 112 Å². The molecule has 1 aliphatic heterocycles. The number of nitrogens with zero attached hydrogens (tertiary/aromatic N) is 1. The van der Waals surface area contributed by atoms with Gasteiger partial charge >= 0.3 is 5.97 Å². The van der Waals surface area contributed by atoms with E-state index in [9.17, 15) is 14.3 Å². The molecule has 0 aliphatic carbocycles. The number of halogens is 1.